The van der Waals surface area contributed by atoms with E-state index in [4.69, 9.17) is 4.18 Å². The zero-order valence-electron chi connectivity index (χ0n) is 9.86. The Bertz CT molecular complexity index is 877. The number of hydrogen-bond acceptors (Lipinski definition) is 6. The molecule has 2 aromatic carbocycles. The van der Waals surface area contributed by atoms with Crippen LogP contribution in [0.3, 0.4) is 0 Å². The Labute approximate surface area is 118 Å². The third-order valence-corrected chi connectivity index (χ3v) is 4.34. The van der Waals surface area contributed by atoms with Gasteiger partial charge in [0, 0.05) is 6.07 Å². The van der Waals surface area contributed by atoms with E-state index in [1.807, 2.05) is 0 Å². The molecular formula is C12H7FN2O3S2. The molecule has 0 saturated heterocycles. The van der Waals surface area contributed by atoms with Crippen molar-refractivity contribution in [2.24, 2.45) is 0 Å². The second-order valence-electron chi connectivity index (χ2n) is 3.88. The minimum atomic E-state index is -4.09. The maximum Gasteiger partial charge on any atom is 0.341 e. The highest BCUT2D eigenvalue weighted by Gasteiger charge is 2.21. The number of rotatable bonds is 3. The summed E-state index contributed by atoms with van der Waals surface area (Å²) in [5.41, 5.74) is 0.716. The lowest BCUT2D eigenvalue weighted by Gasteiger charge is -2.07. The van der Waals surface area contributed by atoms with Gasteiger partial charge in [-0.05, 0) is 24.3 Å². The van der Waals surface area contributed by atoms with E-state index in [1.54, 1.807) is 12.1 Å². The molecule has 1 aromatic heterocycles. The molecule has 20 heavy (non-hydrogen) atoms. The van der Waals surface area contributed by atoms with Crippen molar-refractivity contribution in [2.45, 2.75) is 4.90 Å². The molecule has 0 bridgehead atoms. The third kappa shape index (κ3) is 2.35. The van der Waals surface area contributed by atoms with Crippen LogP contribution < -0.4 is 4.18 Å². The van der Waals surface area contributed by atoms with Gasteiger partial charge >= 0.3 is 10.1 Å². The van der Waals surface area contributed by atoms with Gasteiger partial charge in [0.15, 0.2) is 0 Å². The second-order valence-corrected chi connectivity index (χ2v) is 5.93. The molecule has 0 aliphatic heterocycles. The maximum absolute atomic E-state index is 13.1. The van der Waals surface area contributed by atoms with Crippen molar-refractivity contribution >= 4 is 32.9 Å². The van der Waals surface area contributed by atoms with Crippen LogP contribution in [-0.2, 0) is 10.1 Å². The van der Waals surface area contributed by atoms with Crippen LogP contribution in [0, 0.1) is 5.82 Å². The Kier molecular flexibility index (Phi) is 3.11. The van der Waals surface area contributed by atoms with Crippen LogP contribution in [-0.4, -0.2) is 17.2 Å². The lowest BCUT2D eigenvalue weighted by atomic mass is 10.3. The van der Waals surface area contributed by atoms with E-state index < -0.39 is 15.9 Å². The third-order valence-electron chi connectivity index (χ3n) is 2.52. The molecule has 0 fully saturated rings. The average molecular weight is 310 g/mol. The van der Waals surface area contributed by atoms with Gasteiger partial charge in [-0.2, -0.15) is 17.2 Å². The van der Waals surface area contributed by atoms with Gasteiger partial charge in [-0.1, -0.05) is 12.1 Å². The minimum Gasteiger partial charge on any atom is -0.379 e. The van der Waals surface area contributed by atoms with Crippen LogP contribution in [0.15, 0.2) is 47.4 Å². The molecule has 0 atom stereocenters. The molecular weight excluding hydrogens is 303 g/mol. The van der Waals surface area contributed by atoms with E-state index in [0.29, 0.717) is 5.52 Å². The smallest absolute Gasteiger partial charge is 0.341 e. The summed E-state index contributed by atoms with van der Waals surface area (Å²) in [5, 5.41) is 0. The fraction of sp³-hybridized carbons (Fsp3) is 0. The molecule has 8 heteroatoms. The maximum atomic E-state index is 13.1. The standard InChI is InChI=1S/C12H7FN2O3S2/c13-8-3-1-4-9(7-8)18-20(16,17)11-6-2-5-10-12(11)15-19-14-10/h1-7H. The Morgan fingerprint density at radius 3 is 2.70 bits per heavy atom. The van der Waals surface area contributed by atoms with Crippen LogP contribution >= 0.6 is 11.7 Å². The zero-order valence-corrected chi connectivity index (χ0v) is 11.5. The van der Waals surface area contributed by atoms with Crippen molar-refractivity contribution in [3.05, 3.63) is 48.3 Å². The predicted molar refractivity (Wildman–Crippen MR) is 71.6 cm³/mol. The van der Waals surface area contributed by atoms with Crippen molar-refractivity contribution in [1.82, 2.24) is 8.75 Å². The summed E-state index contributed by atoms with van der Waals surface area (Å²) >= 11 is 0.912. The first kappa shape index (κ1) is 12.9. The quantitative estimate of drug-likeness (QED) is 0.696. The van der Waals surface area contributed by atoms with Gasteiger partial charge in [-0.3, -0.25) is 0 Å². The number of halogens is 1. The van der Waals surface area contributed by atoms with E-state index in [1.165, 1.54) is 24.3 Å². The first-order valence-corrected chi connectivity index (χ1v) is 7.61. The highest BCUT2D eigenvalue weighted by atomic mass is 32.2. The van der Waals surface area contributed by atoms with Gasteiger partial charge < -0.3 is 4.18 Å². The number of benzene rings is 2. The van der Waals surface area contributed by atoms with Crippen LogP contribution in [0.4, 0.5) is 4.39 Å². The Hall–Kier alpha value is -2.06. The first-order valence-electron chi connectivity index (χ1n) is 5.47. The van der Waals surface area contributed by atoms with Gasteiger partial charge in [-0.15, -0.1) is 0 Å². The van der Waals surface area contributed by atoms with Crippen LogP contribution in [0.1, 0.15) is 0 Å². The monoisotopic (exact) mass is 310 g/mol. The summed E-state index contributed by atoms with van der Waals surface area (Å²) in [6.45, 7) is 0. The summed E-state index contributed by atoms with van der Waals surface area (Å²) in [4.78, 5) is -0.0898. The molecule has 0 amide bonds. The van der Waals surface area contributed by atoms with Gasteiger partial charge in [0.05, 0.1) is 11.7 Å². The van der Waals surface area contributed by atoms with Crippen LogP contribution in [0.25, 0.3) is 11.0 Å². The largest absolute Gasteiger partial charge is 0.379 e. The number of aromatic nitrogens is 2. The molecule has 0 unspecified atom stereocenters. The molecule has 0 aliphatic rings. The van der Waals surface area contributed by atoms with Crippen molar-refractivity contribution in [2.75, 3.05) is 0 Å². The van der Waals surface area contributed by atoms with Gasteiger partial charge in [-0.25, -0.2) is 4.39 Å². The average Bonchev–Trinajstić information content (AvgIpc) is 2.85. The molecule has 5 nitrogen and oxygen atoms in total. The van der Waals surface area contributed by atoms with E-state index in [9.17, 15) is 12.8 Å². The minimum absolute atomic E-state index is 0.0898. The zero-order chi connectivity index (χ0) is 14.2. The number of nitrogens with zero attached hydrogens (tertiary/aromatic N) is 2. The highest BCUT2D eigenvalue weighted by molar-refractivity contribution is 7.87. The number of fused-ring (bicyclic) bond motifs is 1. The molecule has 0 N–H and O–H groups in total. The topological polar surface area (TPSA) is 69.2 Å². The SMILES string of the molecule is O=S(=O)(Oc1cccc(F)c1)c1cccc2nsnc12. The van der Waals surface area contributed by atoms with Gasteiger partial charge in [0.25, 0.3) is 0 Å². The summed E-state index contributed by atoms with van der Waals surface area (Å²) < 4.78 is 50.3. The molecule has 0 spiro atoms. The first-order chi connectivity index (χ1) is 9.56. The Balaban J connectivity index is 2.06. The van der Waals surface area contributed by atoms with Crippen molar-refractivity contribution in [1.29, 1.82) is 0 Å². The van der Waals surface area contributed by atoms with Crippen molar-refractivity contribution < 1.29 is 17.0 Å². The van der Waals surface area contributed by atoms with E-state index >= 15 is 0 Å². The normalized spacial score (nSPS) is 11.7. The van der Waals surface area contributed by atoms with Gasteiger partial charge in [0.1, 0.15) is 27.5 Å². The summed E-state index contributed by atoms with van der Waals surface area (Å²) in [6.07, 6.45) is 0. The summed E-state index contributed by atoms with van der Waals surface area (Å²) in [5.74, 6) is -0.670. The molecule has 0 saturated carbocycles. The lowest BCUT2D eigenvalue weighted by Crippen LogP contribution is -2.10. The second kappa shape index (κ2) is 4.80. The number of hydrogen-bond donors (Lipinski definition) is 0. The predicted octanol–water partition coefficient (Wildman–Crippen LogP) is 2.60. The molecule has 0 aliphatic carbocycles. The fourth-order valence-corrected chi connectivity index (χ4v) is 3.36. The van der Waals surface area contributed by atoms with Crippen molar-refractivity contribution in [3.8, 4) is 5.75 Å². The lowest BCUT2D eigenvalue weighted by molar-refractivity contribution is 0.484. The van der Waals surface area contributed by atoms with Crippen LogP contribution in [0.2, 0.25) is 0 Å². The Morgan fingerprint density at radius 2 is 1.90 bits per heavy atom. The molecule has 3 rings (SSSR count). The molecule has 3 aromatic rings. The van der Waals surface area contributed by atoms with Gasteiger partial charge in [0.2, 0.25) is 0 Å². The Morgan fingerprint density at radius 1 is 1.10 bits per heavy atom. The van der Waals surface area contributed by atoms with Crippen LogP contribution in [0.5, 0.6) is 5.75 Å². The highest BCUT2D eigenvalue weighted by Crippen LogP contribution is 2.24. The molecule has 0 radical (unpaired) electrons. The summed E-state index contributed by atoms with van der Waals surface area (Å²) in [6, 6.07) is 9.50. The van der Waals surface area contributed by atoms with E-state index in [2.05, 4.69) is 8.75 Å². The van der Waals surface area contributed by atoms with E-state index in [0.717, 1.165) is 17.8 Å². The fourth-order valence-electron chi connectivity index (χ4n) is 1.67. The molecule has 1 heterocycles. The van der Waals surface area contributed by atoms with E-state index in [-0.39, 0.29) is 16.2 Å². The molecule has 102 valence electrons. The van der Waals surface area contributed by atoms with Crippen molar-refractivity contribution in [3.63, 3.8) is 0 Å². The summed E-state index contributed by atoms with van der Waals surface area (Å²) in [7, 11) is -4.09.